The van der Waals surface area contributed by atoms with E-state index in [9.17, 15) is 4.79 Å². The van der Waals surface area contributed by atoms with Crippen LogP contribution >= 0.6 is 0 Å². The van der Waals surface area contributed by atoms with Crippen molar-refractivity contribution >= 4 is 11.6 Å². The fourth-order valence-corrected chi connectivity index (χ4v) is 1.82. The first-order valence-electron chi connectivity index (χ1n) is 5.79. The van der Waals surface area contributed by atoms with Gasteiger partial charge in [-0.25, -0.2) is 0 Å². The number of amides is 1. The number of benzene rings is 1. The Morgan fingerprint density at radius 1 is 1.42 bits per heavy atom. The number of anilines is 1. The molecular formula is C13H16N4O2. The van der Waals surface area contributed by atoms with Crippen LogP contribution in [0.4, 0.5) is 5.69 Å². The zero-order valence-electron chi connectivity index (χ0n) is 10.9. The molecule has 6 nitrogen and oxygen atoms in total. The maximum Gasteiger partial charge on any atom is 0.252 e. The Morgan fingerprint density at radius 2 is 2.16 bits per heavy atom. The van der Waals surface area contributed by atoms with Crippen molar-refractivity contribution in [2.24, 2.45) is 12.8 Å². The topological polar surface area (TPSA) is 96.2 Å². The predicted molar refractivity (Wildman–Crippen MR) is 71.6 cm³/mol. The highest BCUT2D eigenvalue weighted by Gasteiger charge is 2.11. The van der Waals surface area contributed by atoms with Crippen LogP contribution in [0.15, 0.2) is 24.3 Å². The van der Waals surface area contributed by atoms with E-state index >= 15 is 0 Å². The van der Waals surface area contributed by atoms with Crippen molar-refractivity contribution in [2.45, 2.75) is 13.5 Å². The van der Waals surface area contributed by atoms with E-state index in [2.05, 4.69) is 5.10 Å². The van der Waals surface area contributed by atoms with Gasteiger partial charge in [-0.2, -0.15) is 5.10 Å². The number of primary amides is 1. The average Bonchev–Trinajstić information content (AvgIpc) is 2.66. The summed E-state index contributed by atoms with van der Waals surface area (Å²) in [6.45, 7) is 2.21. The van der Waals surface area contributed by atoms with Gasteiger partial charge in [-0.3, -0.25) is 9.48 Å². The lowest BCUT2D eigenvalue weighted by Gasteiger charge is -2.10. The van der Waals surface area contributed by atoms with Gasteiger partial charge in [-0.1, -0.05) is 0 Å². The second-order valence-corrected chi connectivity index (χ2v) is 4.31. The van der Waals surface area contributed by atoms with Crippen LogP contribution in [-0.4, -0.2) is 15.7 Å². The van der Waals surface area contributed by atoms with Crippen molar-refractivity contribution in [1.82, 2.24) is 9.78 Å². The summed E-state index contributed by atoms with van der Waals surface area (Å²) >= 11 is 0. The molecule has 0 fully saturated rings. The summed E-state index contributed by atoms with van der Waals surface area (Å²) in [5, 5.41) is 4.22. The van der Waals surface area contributed by atoms with Crippen molar-refractivity contribution in [1.29, 1.82) is 0 Å². The lowest BCUT2D eigenvalue weighted by atomic mass is 10.1. The van der Waals surface area contributed by atoms with E-state index in [1.807, 2.05) is 20.0 Å². The Labute approximate surface area is 111 Å². The Hall–Kier alpha value is -2.50. The van der Waals surface area contributed by atoms with Gasteiger partial charge in [-0.05, 0) is 31.2 Å². The van der Waals surface area contributed by atoms with E-state index in [0.29, 0.717) is 18.0 Å². The number of aryl methyl sites for hydroxylation is 2. The van der Waals surface area contributed by atoms with Crippen LogP contribution in [0, 0.1) is 6.92 Å². The largest absolute Gasteiger partial charge is 0.486 e. The smallest absolute Gasteiger partial charge is 0.252 e. The lowest BCUT2D eigenvalue weighted by Crippen LogP contribution is -2.14. The molecule has 4 N–H and O–H groups in total. The van der Waals surface area contributed by atoms with Crippen molar-refractivity contribution in [2.75, 3.05) is 5.73 Å². The first kappa shape index (κ1) is 12.9. The van der Waals surface area contributed by atoms with Crippen LogP contribution in [0.2, 0.25) is 0 Å². The number of carbonyl (C=O) groups excluding carboxylic acids is 1. The second-order valence-electron chi connectivity index (χ2n) is 4.31. The van der Waals surface area contributed by atoms with Gasteiger partial charge in [0.25, 0.3) is 5.91 Å². The van der Waals surface area contributed by atoms with Crippen LogP contribution < -0.4 is 16.2 Å². The summed E-state index contributed by atoms with van der Waals surface area (Å²) < 4.78 is 7.35. The van der Waals surface area contributed by atoms with Gasteiger partial charge >= 0.3 is 0 Å². The molecule has 0 aliphatic carbocycles. The molecule has 0 bridgehead atoms. The van der Waals surface area contributed by atoms with Gasteiger partial charge in [0.1, 0.15) is 12.4 Å². The molecule has 100 valence electrons. The van der Waals surface area contributed by atoms with Crippen LogP contribution in [-0.2, 0) is 13.7 Å². The summed E-state index contributed by atoms with van der Waals surface area (Å²) in [7, 11) is 1.84. The Bertz CT molecular complexity index is 619. The third-order valence-electron chi connectivity index (χ3n) is 2.74. The summed E-state index contributed by atoms with van der Waals surface area (Å²) in [6, 6.07) is 6.72. The summed E-state index contributed by atoms with van der Waals surface area (Å²) in [5.41, 5.74) is 13.5. The number of nitrogens with two attached hydrogens (primary N) is 2. The number of hydrogen-bond acceptors (Lipinski definition) is 4. The third kappa shape index (κ3) is 2.85. The van der Waals surface area contributed by atoms with Gasteiger partial charge in [0, 0.05) is 12.7 Å². The van der Waals surface area contributed by atoms with E-state index in [1.165, 1.54) is 6.07 Å². The Morgan fingerprint density at radius 3 is 2.74 bits per heavy atom. The first-order chi connectivity index (χ1) is 8.97. The highest BCUT2D eigenvalue weighted by Crippen LogP contribution is 2.22. The Balaban J connectivity index is 2.20. The molecule has 0 radical (unpaired) electrons. The maximum atomic E-state index is 11.3. The fraction of sp³-hybridized carbons (Fsp3) is 0.231. The normalized spacial score (nSPS) is 10.4. The lowest BCUT2D eigenvalue weighted by molar-refractivity contribution is 0.0996. The SMILES string of the molecule is Cc1cc(COc2ccc(N)cc2C(N)=O)n(C)n1. The van der Waals surface area contributed by atoms with Gasteiger partial charge in [0.2, 0.25) is 0 Å². The standard InChI is InChI=1S/C13H16N4O2/c1-8-5-10(17(2)16-8)7-19-12-4-3-9(14)6-11(12)13(15)18/h3-6H,7,14H2,1-2H3,(H2,15,18). The zero-order valence-corrected chi connectivity index (χ0v) is 10.9. The van der Waals surface area contributed by atoms with E-state index in [4.69, 9.17) is 16.2 Å². The predicted octanol–water partition coefficient (Wildman–Crippen LogP) is 0.989. The van der Waals surface area contributed by atoms with Gasteiger partial charge in [0.15, 0.2) is 0 Å². The van der Waals surface area contributed by atoms with Crippen molar-refractivity contribution in [3.63, 3.8) is 0 Å². The zero-order chi connectivity index (χ0) is 14.0. The molecule has 0 aliphatic heterocycles. The number of hydrogen-bond donors (Lipinski definition) is 2. The van der Waals surface area contributed by atoms with E-state index in [1.54, 1.807) is 16.8 Å². The average molecular weight is 260 g/mol. The minimum Gasteiger partial charge on any atom is -0.486 e. The number of nitrogens with zero attached hydrogens (tertiary/aromatic N) is 2. The number of ether oxygens (including phenoxy) is 1. The molecule has 0 atom stereocenters. The molecule has 6 heteroatoms. The van der Waals surface area contributed by atoms with Crippen molar-refractivity contribution in [3.05, 3.63) is 41.2 Å². The number of carbonyl (C=O) groups is 1. The highest BCUT2D eigenvalue weighted by molar-refractivity contribution is 5.96. The molecule has 0 saturated carbocycles. The molecule has 0 unspecified atom stereocenters. The van der Waals surface area contributed by atoms with Crippen LogP contribution in [0.25, 0.3) is 0 Å². The second kappa shape index (κ2) is 5.01. The molecule has 0 saturated heterocycles. The minimum absolute atomic E-state index is 0.277. The van der Waals surface area contributed by atoms with Gasteiger partial charge < -0.3 is 16.2 Å². The molecule has 1 aromatic heterocycles. The molecule has 1 aromatic carbocycles. The molecule has 0 spiro atoms. The molecule has 2 aromatic rings. The minimum atomic E-state index is -0.566. The number of aromatic nitrogens is 2. The monoisotopic (exact) mass is 260 g/mol. The van der Waals surface area contributed by atoms with Gasteiger partial charge in [-0.15, -0.1) is 0 Å². The van der Waals surface area contributed by atoms with E-state index in [-0.39, 0.29) is 5.56 Å². The van der Waals surface area contributed by atoms with Crippen molar-refractivity contribution < 1.29 is 9.53 Å². The maximum absolute atomic E-state index is 11.3. The number of nitrogen functional groups attached to an aromatic ring is 1. The summed E-state index contributed by atoms with van der Waals surface area (Å²) in [6.07, 6.45) is 0. The molecule has 1 heterocycles. The van der Waals surface area contributed by atoms with Crippen molar-refractivity contribution in [3.8, 4) is 5.75 Å². The first-order valence-corrected chi connectivity index (χ1v) is 5.79. The molecule has 0 aliphatic rings. The van der Waals surface area contributed by atoms with Crippen LogP contribution in [0.1, 0.15) is 21.7 Å². The summed E-state index contributed by atoms with van der Waals surface area (Å²) in [4.78, 5) is 11.3. The van der Waals surface area contributed by atoms with Crippen LogP contribution in [0.5, 0.6) is 5.75 Å². The molecule has 1 amide bonds. The quantitative estimate of drug-likeness (QED) is 0.801. The van der Waals surface area contributed by atoms with Gasteiger partial charge in [0.05, 0.1) is 17.0 Å². The third-order valence-corrected chi connectivity index (χ3v) is 2.74. The molecule has 19 heavy (non-hydrogen) atoms. The number of rotatable bonds is 4. The van der Waals surface area contributed by atoms with E-state index < -0.39 is 5.91 Å². The summed E-state index contributed by atoms with van der Waals surface area (Å²) in [5.74, 6) is -0.149. The fourth-order valence-electron chi connectivity index (χ4n) is 1.82. The van der Waals surface area contributed by atoms with Crippen LogP contribution in [0.3, 0.4) is 0 Å². The molecular weight excluding hydrogens is 244 g/mol. The highest BCUT2D eigenvalue weighted by atomic mass is 16.5. The Kier molecular flexibility index (Phi) is 3.41. The van der Waals surface area contributed by atoms with E-state index in [0.717, 1.165) is 11.4 Å². The molecule has 2 rings (SSSR count).